The van der Waals surface area contributed by atoms with E-state index in [1.165, 1.54) is 5.56 Å². The Morgan fingerprint density at radius 3 is 2.43 bits per heavy atom. The Kier molecular flexibility index (Phi) is 4.04. The molecule has 0 aliphatic carbocycles. The molecule has 1 aliphatic rings. The van der Waals surface area contributed by atoms with Crippen molar-refractivity contribution in [3.63, 3.8) is 0 Å². The highest BCUT2D eigenvalue weighted by atomic mass is 16.5. The number of anilines is 1. The van der Waals surface area contributed by atoms with Crippen LogP contribution in [0.25, 0.3) is 0 Å². The first-order chi connectivity index (χ1) is 10.2. The SMILES string of the molecule is Cc1ccc(OC2CCN(c3nccc(C)n3)CC2)cc1. The van der Waals surface area contributed by atoms with Crippen LogP contribution in [-0.4, -0.2) is 29.2 Å². The van der Waals surface area contributed by atoms with Crippen LogP contribution in [0, 0.1) is 13.8 Å². The first-order valence-electron chi connectivity index (χ1n) is 7.48. The highest BCUT2D eigenvalue weighted by Gasteiger charge is 2.22. The maximum Gasteiger partial charge on any atom is 0.225 e. The van der Waals surface area contributed by atoms with Crippen LogP contribution in [0.1, 0.15) is 24.1 Å². The van der Waals surface area contributed by atoms with E-state index in [9.17, 15) is 0 Å². The molecule has 2 aromatic rings. The van der Waals surface area contributed by atoms with Gasteiger partial charge in [-0.05, 0) is 32.0 Å². The van der Waals surface area contributed by atoms with Crippen molar-refractivity contribution >= 4 is 5.95 Å². The lowest BCUT2D eigenvalue weighted by atomic mass is 10.1. The molecule has 110 valence electrons. The molecule has 0 N–H and O–H groups in total. The van der Waals surface area contributed by atoms with Crippen LogP contribution >= 0.6 is 0 Å². The van der Waals surface area contributed by atoms with E-state index in [-0.39, 0.29) is 6.10 Å². The largest absolute Gasteiger partial charge is 0.490 e. The van der Waals surface area contributed by atoms with E-state index < -0.39 is 0 Å². The van der Waals surface area contributed by atoms with E-state index >= 15 is 0 Å². The van der Waals surface area contributed by atoms with Crippen molar-refractivity contribution < 1.29 is 4.74 Å². The quantitative estimate of drug-likeness (QED) is 0.867. The van der Waals surface area contributed by atoms with E-state index in [0.29, 0.717) is 0 Å². The zero-order chi connectivity index (χ0) is 14.7. The highest BCUT2D eigenvalue weighted by Crippen LogP contribution is 2.21. The molecule has 21 heavy (non-hydrogen) atoms. The molecule has 4 heteroatoms. The number of nitrogens with zero attached hydrogens (tertiary/aromatic N) is 3. The summed E-state index contributed by atoms with van der Waals surface area (Å²) < 4.78 is 6.05. The molecule has 0 saturated carbocycles. The predicted octanol–water partition coefficient (Wildman–Crippen LogP) is 3.14. The van der Waals surface area contributed by atoms with Gasteiger partial charge in [-0.15, -0.1) is 0 Å². The summed E-state index contributed by atoms with van der Waals surface area (Å²) in [5.41, 5.74) is 2.27. The second kappa shape index (κ2) is 6.12. The molecule has 1 aliphatic heterocycles. The second-order valence-corrected chi connectivity index (χ2v) is 5.62. The predicted molar refractivity (Wildman–Crippen MR) is 83.8 cm³/mol. The molecule has 3 rings (SSSR count). The maximum absolute atomic E-state index is 6.05. The Labute approximate surface area is 125 Å². The molecule has 0 spiro atoms. The van der Waals surface area contributed by atoms with Crippen molar-refractivity contribution in [2.75, 3.05) is 18.0 Å². The van der Waals surface area contributed by atoms with Crippen molar-refractivity contribution in [2.24, 2.45) is 0 Å². The molecule has 1 saturated heterocycles. The third kappa shape index (κ3) is 3.51. The van der Waals surface area contributed by atoms with Crippen molar-refractivity contribution in [1.82, 2.24) is 9.97 Å². The number of ether oxygens (including phenoxy) is 1. The molecule has 0 atom stereocenters. The lowest BCUT2D eigenvalue weighted by Crippen LogP contribution is -2.39. The molecule has 1 aromatic heterocycles. The number of rotatable bonds is 3. The first-order valence-corrected chi connectivity index (χ1v) is 7.48. The maximum atomic E-state index is 6.05. The fourth-order valence-electron chi connectivity index (χ4n) is 2.57. The van der Waals surface area contributed by atoms with Crippen LogP contribution in [0.3, 0.4) is 0 Å². The minimum Gasteiger partial charge on any atom is -0.490 e. The van der Waals surface area contributed by atoms with Gasteiger partial charge in [0.05, 0.1) is 0 Å². The van der Waals surface area contributed by atoms with E-state index in [1.807, 2.05) is 31.3 Å². The van der Waals surface area contributed by atoms with Gasteiger partial charge in [0, 0.05) is 37.8 Å². The molecule has 0 bridgehead atoms. The van der Waals surface area contributed by atoms with Crippen LogP contribution < -0.4 is 9.64 Å². The normalized spacial score (nSPS) is 16.0. The zero-order valence-corrected chi connectivity index (χ0v) is 12.6. The van der Waals surface area contributed by atoms with E-state index in [4.69, 9.17) is 4.74 Å². The van der Waals surface area contributed by atoms with Crippen LogP contribution in [0.2, 0.25) is 0 Å². The molecule has 0 amide bonds. The standard InChI is InChI=1S/C17H21N3O/c1-13-3-5-15(6-4-13)21-16-8-11-20(12-9-16)17-18-10-7-14(2)19-17/h3-7,10,16H,8-9,11-12H2,1-2H3. The smallest absolute Gasteiger partial charge is 0.225 e. The number of aromatic nitrogens is 2. The fraction of sp³-hybridized carbons (Fsp3) is 0.412. The van der Waals surface area contributed by atoms with Crippen LogP contribution in [0.4, 0.5) is 5.95 Å². The van der Waals surface area contributed by atoms with Crippen molar-refractivity contribution in [3.8, 4) is 5.75 Å². The molecule has 0 unspecified atom stereocenters. The van der Waals surface area contributed by atoms with Gasteiger partial charge in [-0.2, -0.15) is 0 Å². The Hall–Kier alpha value is -2.10. The number of hydrogen-bond acceptors (Lipinski definition) is 4. The van der Waals surface area contributed by atoms with E-state index in [1.54, 1.807) is 0 Å². The van der Waals surface area contributed by atoms with E-state index in [0.717, 1.165) is 43.3 Å². The fourth-order valence-corrected chi connectivity index (χ4v) is 2.57. The minimum absolute atomic E-state index is 0.286. The summed E-state index contributed by atoms with van der Waals surface area (Å²) in [5.74, 6) is 1.80. The van der Waals surface area contributed by atoms with Gasteiger partial charge < -0.3 is 9.64 Å². The third-order valence-electron chi connectivity index (χ3n) is 3.83. The lowest BCUT2D eigenvalue weighted by molar-refractivity contribution is 0.170. The summed E-state index contributed by atoms with van der Waals surface area (Å²) >= 11 is 0. The van der Waals surface area contributed by atoms with Gasteiger partial charge >= 0.3 is 0 Å². The van der Waals surface area contributed by atoms with E-state index in [2.05, 4.69) is 33.9 Å². The summed E-state index contributed by atoms with van der Waals surface area (Å²) in [6, 6.07) is 10.2. The molecular weight excluding hydrogens is 262 g/mol. The zero-order valence-electron chi connectivity index (χ0n) is 12.6. The topological polar surface area (TPSA) is 38.2 Å². The van der Waals surface area contributed by atoms with Crippen LogP contribution in [0.5, 0.6) is 5.75 Å². The van der Waals surface area contributed by atoms with Gasteiger partial charge in [0.1, 0.15) is 11.9 Å². The van der Waals surface area contributed by atoms with Gasteiger partial charge in [0.2, 0.25) is 5.95 Å². The van der Waals surface area contributed by atoms with Gasteiger partial charge in [0.25, 0.3) is 0 Å². The Balaban J connectivity index is 1.56. The highest BCUT2D eigenvalue weighted by molar-refractivity contribution is 5.31. The Morgan fingerprint density at radius 2 is 1.76 bits per heavy atom. The van der Waals surface area contributed by atoms with Crippen LogP contribution in [0.15, 0.2) is 36.5 Å². The summed E-state index contributed by atoms with van der Waals surface area (Å²) in [7, 11) is 0. The number of hydrogen-bond donors (Lipinski definition) is 0. The average Bonchev–Trinajstić information content (AvgIpc) is 2.50. The molecule has 1 fully saturated rings. The monoisotopic (exact) mass is 283 g/mol. The number of benzene rings is 1. The Morgan fingerprint density at radius 1 is 1.05 bits per heavy atom. The van der Waals surface area contributed by atoms with Crippen molar-refractivity contribution in [2.45, 2.75) is 32.8 Å². The van der Waals surface area contributed by atoms with Crippen LogP contribution in [-0.2, 0) is 0 Å². The number of aryl methyl sites for hydroxylation is 2. The van der Waals surface area contributed by atoms with Crippen molar-refractivity contribution in [1.29, 1.82) is 0 Å². The van der Waals surface area contributed by atoms with Gasteiger partial charge in [-0.1, -0.05) is 17.7 Å². The summed E-state index contributed by atoms with van der Waals surface area (Å²) in [6.07, 6.45) is 4.12. The molecule has 1 aromatic carbocycles. The summed E-state index contributed by atoms with van der Waals surface area (Å²) in [6.45, 7) is 5.97. The molecule has 0 radical (unpaired) electrons. The first kappa shape index (κ1) is 13.9. The summed E-state index contributed by atoms with van der Waals surface area (Å²) in [5, 5.41) is 0. The summed E-state index contributed by atoms with van der Waals surface area (Å²) in [4.78, 5) is 11.1. The molecular formula is C17H21N3O. The number of piperidine rings is 1. The minimum atomic E-state index is 0.286. The average molecular weight is 283 g/mol. The molecule has 2 heterocycles. The van der Waals surface area contributed by atoms with Gasteiger partial charge in [0.15, 0.2) is 0 Å². The Bertz CT molecular complexity index is 589. The van der Waals surface area contributed by atoms with Gasteiger partial charge in [-0.3, -0.25) is 0 Å². The van der Waals surface area contributed by atoms with Crippen molar-refractivity contribution in [3.05, 3.63) is 47.8 Å². The second-order valence-electron chi connectivity index (χ2n) is 5.62. The third-order valence-corrected chi connectivity index (χ3v) is 3.83. The lowest BCUT2D eigenvalue weighted by Gasteiger charge is -2.32. The molecule has 4 nitrogen and oxygen atoms in total. The van der Waals surface area contributed by atoms with Gasteiger partial charge in [-0.25, -0.2) is 9.97 Å².